The van der Waals surface area contributed by atoms with Crippen molar-refractivity contribution in [1.29, 1.82) is 0 Å². The van der Waals surface area contributed by atoms with Crippen molar-refractivity contribution in [2.45, 2.75) is 26.6 Å². The zero-order valence-electron chi connectivity index (χ0n) is 14.0. The molecule has 1 aromatic heterocycles. The predicted octanol–water partition coefficient (Wildman–Crippen LogP) is 1.04. The fourth-order valence-corrected chi connectivity index (χ4v) is 3.46. The first-order chi connectivity index (χ1) is 11.7. The number of carbonyl (C=O) groups is 1. The lowest BCUT2D eigenvalue weighted by atomic mass is 10.1. The summed E-state index contributed by atoms with van der Waals surface area (Å²) in [6.45, 7) is 2.93. The molecule has 2 heterocycles. The number of hydrogen-bond acceptors (Lipinski definition) is 4. The summed E-state index contributed by atoms with van der Waals surface area (Å²) in [4.78, 5) is 12.1. The van der Waals surface area contributed by atoms with Crippen LogP contribution >= 0.6 is 0 Å². The van der Waals surface area contributed by atoms with Gasteiger partial charge in [-0.05, 0) is 30.7 Å². The van der Waals surface area contributed by atoms with Crippen LogP contribution < -0.4 is 5.32 Å². The highest BCUT2D eigenvalue weighted by Gasteiger charge is 2.24. The maximum atomic E-state index is 13.5. The van der Waals surface area contributed by atoms with E-state index in [4.69, 9.17) is 0 Å². The van der Waals surface area contributed by atoms with Crippen molar-refractivity contribution >= 4 is 15.9 Å². The summed E-state index contributed by atoms with van der Waals surface area (Å²) in [7, 11) is -3.24. The van der Waals surface area contributed by atoms with Gasteiger partial charge in [0.2, 0.25) is 10.0 Å². The molecule has 0 fully saturated rings. The maximum Gasteiger partial charge on any atom is 0.251 e. The Balaban J connectivity index is 1.66. The number of carbonyl (C=O) groups excluding carboxylic acids is 1. The van der Waals surface area contributed by atoms with Gasteiger partial charge in [-0.1, -0.05) is 6.07 Å². The zero-order chi connectivity index (χ0) is 18.2. The molecular weight excluding hydrogens is 347 g/mol. The molecule has 2 aromatic rings. The molecule has 7 nitrogen and oxygen atoms in total. The van der Waals surface area contributed by atoms with Crippen LogP contribution in [-0.4, -0.2) is 41.2 Å². The second-order valence-electron chi connectivity index (χ2n) is 6.09. The molecule has 25 heavy (non-hydrogen) atoms. The quantitative estimate of drug-likeness (QED) is 0.876. The molecule has 1 aromatic carbocycles. The van der Waals surface area contributed by atoms with Crippen LogP contribution in [0.25, 0.3) is 0 Å². The lowest BCUT2D eigenvalue weighted by molar-refractivity contribution is 0.0950. The summed E-state index contributed by atoms with van der Waals surface area (Å²) in [6, 6.07) is 6.09. The van der Waals surface area contributed by atoms with Crippen molar-refractivity contribution in [2.75, 3.05) is 12.8 Å². The van der Waals surface area contributed by atoms with E-state index in [1.807, 2.05) is 0 Å². The predicted molar refractivity (Wildman–Crippen MR) is 89.8 cm³/mol. The average Bonchev–Trinajstić information content (AvgIpc) is 2.96. The second kappa shape index (κ2) is 6.57. The number of fused-ring (bicyclic) bond motifs is 1. The number of aromatic nitrogens is 2. The van der Waals surface area contributed by atoms with E-state index in [2.05, 4.69) is 10.4 Å². The number of hydrogen-bond donors (Lipinski definition) is 1. The Morgan fingerprint density at radius 3 is 2.76 bits per heavy atom. The second-order valence-corrected chi connectivity index (χ2v) is 8.08. The first-order valence-electron chi connectivity index (χ1n) is 7.79. The number of sulfonamides is 1. The number of halogens is 1. The molecule has 0 unspecified atom stereocenters. The molecule has 1 N–H and O–H groups in total. The van der Waals surface area contributed by atoms with Crippen molar-refractivity contribution in [1.82, 2.24) is 19.4 Å². The topological polar surface area (TPSA) is 84.3 Å². The molecule has 134 valence electrons. The molecule has 1 aliphatic heterocycles. The Labute approximate surface area is 145 Å². The molecule has 0 radical (unpaired) electrons. The van der Waals surface area contributed by atoms with Crippen LogP contribution in [0.1, 0.15) is 27.3 Å². The lowest BCUT2D eigenvalue weighted by Crippen LogP contribution is -2.37. The van der Waals surface area contributed by atoms with Gasteiger partial charge in [-0.2, -0.15) is 9.40 Å². The lowest BCUT2D eigenvalue weighted by Gasteiger charge is -2.25. The van der Waals surface area contributed by atoms with E-state index in [9.17, 15) is 17.6 Å². The molecular formula is C16H19FN4O3S. The molecule has 1 amide bonds. The van der Waals surface area contributed by atoms with E-state index < -0.39 is 15.8 Å². The molecule has 0 saturated heterocycles. The van der Waals surface area contributed by atoms with Crippen LogP contribution in [0.5, 0.6) is 0 Å². The van der Waals surface area contributed by atoms with Gasteiger partial charge >= 0.3 is 0 Å². The van der Waals surface area contributed by atoms with Crippen LogP contribution in [0, 0.1) is 12.7 Å². The van der Waals surface area contributed by atoms with Crippen molar-refractivity contribution < 1.29 is 17.6 Å². The minimum absolute atomic E-state index is 0.188. The van der Waals surface area contributed by atoms with E-state index >= 15 is 0 Å². The Kier molecular flexibility index (Phi) is 4.61. The standard InChI is InChI=1S/C16H19FN4O3S/c1-11-3-4-12(7-15(11)17)16(22)18-9-13-8-14-10-20(25(2,23)24)5-6-21(14)19-13/h3-4,7-8H,5-6,9-10H2,1-2H3,(H,18,22). The number of aryl methyl sites for hydroxylation is 1. The normalized spacial score (nSPS) is 15.0. The van der Waals surface area contributed by atoms with Crippen LogP contribution in [0.2, 0.25) is 0 Å². The highest BCUT2D eigenvalue weighted by Crippen LogP contribution is 2.16. The SMILES string of the molecule is Cc1ccc(C(=O)NCc2cc3n(n2)CCN(S(C)(=O)=O)C3)cc1F. The minimum atomic E-state index is -3.24. The van der Waals surface area contributed by atoms with Crippen molar-refractivity contribution in [3.63, 3.8) is 0 Å². The highest BCUT2D eigenvalue weighted by molar-refractivity contribution is 7.88. The van der Waals surface area contributed by atoms with Crippen LogP contribution in [0.3, 0.4) is 0 Å². The first-order valence-corrected chi connectivity index (χ1v) is 9.64. The van der Waals surface area contributed by atoms with E-state index in [1.54, 1.807) is 29.8 Å². The third-order valence-corrected chi connectivity index (χ3v) is 5.40. The molecule has 0 aliphatic carbocycles. The van der Waals surface area contributed by atoms with E-state index in [-0.39, 0.29) is 24.6 Å². The number of benzene rings is 1. The summed E-state index contributed by atoms with van der Waals surface area (Å²) >= 11 is 0. The summed E-state index contributed by atoms with van der Waals surface area (Å²) < 4.78 is 39.9. The highest BCUT2D eigenvalue weighted by atomic mass is 32.2. The number of nitrogens with zero attached hydrogens (tertiary/aromatic N) is 3. The average molecular weight is 366 g/mol. The third kappa shape index (κ3) is 3.88. The summed E-state index contributed by atoms with van der Waals surface area (Å²) in [5, 5.41) is 7.07. The van der Waals surface area contributed by atoms with Crippen molar-refractivity contribution in [3.8, 4) is 0 Å². The number of rotatable bonds is 4. The van der Waals surface area contributed by atoms with Gasteiger partial charge in [0.15, 0.2) is 0 Å². The Morgan fingerprint density at radius 2 is 2.08 bits per heavy atom. The number of amides is 1. The molecule has 0 bridgehead atoms. The van der Waals surface area contributed by atoms with Gasteiger partial charge in [-0.3, -0.25) is 9.48 Å². The molecule has 0 atom stereocenters. The van der Waals surface area contributed by atoms with E-state index in [0.29, 0.717) is 24.3 Å². The van der Waals surface area contributed by atoms with Gasteiger partial charge in [-0.15, -0.1) is 0 Å². The van der Waals surface area contributed by atoms with Gasteiger partial charge in [-0.25, -0.2) is 12.8 Å². The Morgan fingerprint density at radius 1 is 1.32 bits per heavy atom. The summed E-state index contributed by atoms with van der Waals surface area (Å²) in [5.74, 6) is -0.811. The Hall–Kier alpha value is -2.26. The monoisotopic (exact) mass is 366 g/mol. The molecule has 0 spiro atoms. The number of nitrogens with one attached hydrogen (secondary N) is 1. The fraction of sp³-hybridized carbons (Fsp3) is 0.375. The molecule has 0 saturated carbocycles. The summed E-state index contributed by atoms with van der Waals surface area (Å²) in [5.41, 5.74) is 2.14. The molecule has 1 aliphatic rings. The van der Waals surface area contributed by atoms with Gasteiger partial charge in [0, 0.05) is 12.1 Å². The maximum absolute atomic E-state index is 13.5. The zero-order valence-corrected chi connectivity index (χ0v) is 14.8. The van der Waals surface area contributed by atoms with Crippen molar-refractivity contribution in [2.24, 2.45) is 0 Å². The van der Waals surface area contributed by atoms with Crippen LogP contribution in [0.4, 0.5) is 4.39 Å². The van der Waals surface area contributed by atoms with Crippen molar-refractivity contribution in [3.05, 3.63) is 52.6 Å². The van der Waals surface area contributed by atoms with E-state index in [1.165, 1.54) is 16.6 Å². The van der Waals surface area contributed by atoms with Gasteiger partial charge in [0.1, 0.15) is 5.82 Å². The van der Waals surface area contributed by atoms with E-state index in [0.717, 1.165) is 5.69 Å². The largest absolute Gasteiger partial charge is 0.346 e. The molecule has 9 heteroatoms. The van der Waals surface area contributed by atoms with Crippen LogP contribution in [0.15, 0.2) is 24.3 Å². The Bertz CT molecular complexity index is 923. The first kappa shape index (κ1) is 17.6. The fourth-order valence-electron chi connectivity index (χ4n) is 2.68. The minimum Gasteiger partial charge on any atom is -0.346 e. The van der Waals surface area contributed by atoms with Crippen LogP contribution in [-0.2, 0) is 29.7 Å². The third-order valence-electron chi connectivity index (χ3n) is 4.15. The molecule has 3 rings (SSSR count). The smallest absolute Gasteiger partial charge is 0.251 e. The summed E-state index contributed by atoms with van der Waals surface area (Å²) in [6.07, 6.45) is 1.18. The van der Waals surface area contributed by atoms with Gasteiger partial charge in [0.05, 0.1) is 37.3 Å². The van der Waals surface area contributed by atoms with Gasteiger partial charge < -0.3 is 5.32 Å². The van der Waals surface area contributed by atoms with Gasteiger partial charge in [0.25, 0.3) is 5.91 Å².